The number of nitrogens with two attached hydrogens (primary N) is 2. The molecule has 0 amide bonds. The predicted octanol–water partition coefficient (Wildman–Crippen LogP) is 0.272. The predicted molar refractivity (Wildman–Crippen MR) is 47.3 cm³/mol. The average molecular weight is 181 g/mol. The van der Waals surface area contributed by atoms with E-state index in [9.17, 15) is 4.39 Å². The van der Waals surface area contributed by atoms with Gasteiger partial charge in [-0.15, -0.1) is 0 Å². The quantitative estimate of drug-likeness (QED) is 0.611. The normalized spacial score (nSPS) is 10.9. The Balaban J connectivity index is 2.97. The van der Waals surface area contributed by atoms with Crippen LogP contribution in [-0.2, 0) is 7.05 Å². The number of nitrogen functional groups attached to an aromatic ring is 2. The third-order valence-electron chi connectivity index (χ3n) is 1.82. The van der Waals surface area contributed by atoms with Gasteiger partial charge in [-0.05, 0) is 0 Å². The molecule has 0 radical (unpaired) electrons. The Kier molecular flexibility index (Phi) is 1.39. The van der Waals surface area contributed by atoms with Crippen LogP contribution in [0.3, 0.4) is 0 Å². The smallest absolute Gasteiger partial charge is 0.223 e. The zero-order valence-corrected chi connectivity index (χ0v) is 6.95. The molecule has 68 valence electrons. The molecule has 6 heteroatoms. The first-order chi connectivity index (χ1) is 6.09. The molecule has 0 unspecified atom stereocenters. The van der Waals surface area contributed by atoms with E-state index in [-0.39, 0.29) is 17.2 Å². The summed E-state index contributed by atoms with van der Waals surface area (Å²) in [5, 5.41) is 0.219. The summed E-state index contributed by atoms with van der Waals surface area (Å²) in [7, 11) is 1.66. The van der Waals surface area contributed by atoms with Gasteiger partial charge in [-0.3, -0.25) is 0 Å². The second-order valence-corrected chi connectivity index (χ2v) is 2.75. The SMILES string of the molecule is Cn1cc(F)c2c(N)nc(N)nc21. The Bertz CT molecular complexity index is 475. The van der Waals surface area contributed by atoms with Crippen LogP contribution in [0.1, 0.15) is 0 Å². The molecular weight excluding hydrogens is 173 g/mol. The van der Waals surface area contributed by atoms with Gasteiger partial charge in [0.15, 0.2) is 11.5 Å². The molecule has 0 fully saturated rings. The average Bonchev–Trinajstić information content (AvgIpc) is 2.27. The van der Waals surface area contributed by atoms with Crippen LogP contribution in [0.15, 0.2) is 6.20 Å². The van der Waals surface area contributed by atoms with Crippen molar-refractivity contribution in [2.75, 3.05) is 11.5 Å². The van der Waals surface area contributed by atoms with Crippen molar-refractivity contribution in [2.24, 2.45) is 7.05 Å². The van der Waals surface area contributed by atoms with Crippen molar-refractivity contribution in [1.29, 1.82) is 0 Å². The molecule has 4 N–H and O–H groups in total. The lowest BCUT2D eigenvalue weighted by atomic mass is 10.4. The van der Waals surface area contributed by atoms with Crippen molar-refractivity contribution in [1.82, 2.24) is 14.5 Å². The number of fused-ring (bicyclic) bond motifs is 1. The van der Waals surface area contributed by atoms with Gasteiger partial charge < -0.3 is 16.0 Å². The fraction of sp³-hybridized carbons (Fsp3) is 0.143. The monoisotopic (exact) mass is 181 g/mol. The molecule has 0 saturated carbocycles. The second-order valence-electron chi connectivity index (χ2n) is 2.75. The summed E-state index contributed by atoms with van der Waals surface area (Å²) in [5.74, 6) is -0.318. The molecule has 0 bridgehead atoms. The van der Waals surface area contributed by atoms with E-state index in [0.29, 0.717) is 5.65 Å². The van der Waals surface area contributed by atoms with Crippen molar-refractivity contribution in [2.45, 2.75) is 0 Å². The summed E-state index contributed by atoms with van der Waals surface area (Å²) in [6.45, 7) is 0. The fourth-order valence-corrected chi connectivity index (χ4v) is 1.26. The number of hydrogen-bond acceptors (Lipinski definition) is 4. The van der Waals surface area contributed by atoms with Gasteiger partial charge in [0.25, 0.3) is 0 Å². The minimum absolute atomic E-state index is 0.0474. The lowest BCUT2D eigenvalue weighted by Crippen LogP contribution is -2.01. The number of rotatable bonds is 0. The van der Waals surface area contributed by atoms with Crippen LogP contribution < -0.4 is 11.5 Å². The summed E-state index contributed by atoms with van der Waals surface area (Å²) in [5.41, 5.74) is 11.3. The summed E-state index contributed by atoms with van der Waals surface area (Å²) in [6.07, 6.45) is 1.29. The largest absolute Gasteiger partial charge is 0.383 e. The van der Waals surface area contributed by atoms with Crippen molar-refractivity contribution in [3.05, 3.63) is 12.0 Å². The first-order valence-corrected chi connectivity index (χ1v) is 3.63. The van der Waals surface area contributed by atoms with Crippen LogP contribution >= 0.6 is 0 Å². The molecule has 13 heavy (non-hydrogen) atoms. The van der Waals surface area contributed by atoms with E-state index < -0.39 is 5.82 Å². The number of hydrogen-bond donors (Lipinski definition) is 2. The summed E-state index contributed by atoms with van der Waals surface area (Å²) < 4.78 is 14.7. The van der Waals surface area contributed by atoms with E-state index in [4.69, 9.17) is 11.5 Å². The highest BCUT2D eigenvalue weighted by atomic mass is 19.1. The molecule has 0 aliphatic carbocycles. The number of aryl methyl sites for hydroxylation is 1. The van der Waals surface area contributed by atoms with Crippen molar-refractivity contribution in [3.8, 4) is 0 Å². The second kappa shape index (κ2) is 2.32. The van der Waals surface area contributed by atoms with Gasteiger partial charge in [-0.2, -0.15) is 9.97 Å². The maximum atomic E-state index is 13.2. The van der Waals surface area contributed by atoms with Crippen LogP contribution in [0.2, 0.25) is 0 Å². The lowest BCUT2D eigenvalue weighted by Gasteiger charge is -1.98. The van der Waals surface area contributed by atoms with Crippen LogP contribution in [0.4, 0.5) is 16.2 Å². The van der Waals surface area contributed by atoms with Crippen LogP contribution in [0, 0.1) is 5.82 Å². The zero-order valence-electron chi connectivity index (χ0n) is 6.95. The van der Waals surface area contributed by atoms with Crippen molar-refractivity contribution < 1.29 is 4.39 Å². The first kappa shape index (κ1) is 7.78. The Morgan fingerprint density at radius 2 is 2.08 bits per heavy atom. The number of nitrogens with zero attached hydrogens (tertiary/aromatic N) is 3. The molecule has 5 nitrogen and oxygen atoms in total. The zero-order chi connectivity index (χ0) is 9.59. The fourth-order valence-electron chi connectivity index (χ4n) is 1.26. The summed E-state index contributed by atoms with van der Waals surface area (Å²) >= 11 is 0. The van der Waals surface area contributed by atoms with Gasteiger partial charge in [0, 0.05) is 13.2 Å². The summed E-state index contributed by atoms with van der Waals surface area (Å²) in [6, 6.07) is 0. The number of anilines is 2. The van der Waals surface area contributed by atoms with E-state index in [2.05, 4.69) is 9.97 Å². The highest BCUT2D eigenvalue weighted by Gasteiger charge is 2.12. The Morgan fingerprint density at radius 1 is 1.38 bits per heavy atom. The van der Waals surface area contributed by atoms with E-state index in [1.54, 1.807) is 7.05 Å². The molecule has 0 aliphatic heterocycles. The molecule has 0 atom stereocenters. The lowest BCUT2D eigenvalue weighted by molar-refractivity contribution is 0.633. The molecule has 0 spiro atoms. The highest BCUT2D eigenvalue weighted by Crippen LogP contribution is 2.22. The minimum atomic E-state index is -0.435. The molecule has 0 saturated heterocycles. The van der Waals surface area contributed by atoms with E-state index >= 15 is 0 Å². The van der Waals surface area contributed by atoms with Crippen LogP contribution in [-0.4, -0.2) is 14.5 Å². The van der Waals surface area contributed by atoms with Gasteiger partial charge in [0.1, 0.15) is 5.82 Å². The maximum absolute atomic E-state index is 13.2. The van der Waals surface area contributed by atoms with Gasteiger partial charge >= 0.3 is 0 Å². The van der Waals surface area contributed by atoms with Crippen molar-refractivity contribution in [3.63, 3.8) is 0 Å². The first-order valence-electron chi connectivity index (χ1n) is 3.63. The number of halogens is 1. The summed E-state index contributed by atoms with van der Waals surface area (Å²) in [4.78, 5) is 7.53. The molecule has 2 aromatic rings. The Hall–Kier alpha value is -1.85. The van der Waals surface area contributed by atoms with Crippen molar-refractivity contribution >= 4 is 22.8 Å². The minimum Gasteiger partial charge on any atom is -0.383 e. The Labute approximate surface area is 73.2 Å². The number of aromatic nitrogens is 3. The van der Waals surface area contributed by atoms with E-state index in [0.717, 1.165) is 0 Å². The molecule has 2 heterocycles. The van der Waals surface area contributed by atoms with Gasteiger partial charge in [-0.1, -0.05) is 0 Å². The topological polar surface area (TPSA) is 82.8 Å². The van der Waals surface area contributed by atoms with Gasteiger partial charge in [-0.25, -0.2) is 4.39 Å². The van der Waals surface area contributed by atoms with Crippen LogP contribution in [0.25, 0.3) is 11.0 Å². The van der Waals surface area contributed by atoms with E-state index in [1.807, 2.05) is 0 Å². The Morgan fingerprint density at radius 3 is 2.77 bits per heavy atom. The third kappa shape index (κ3) is 0.986. The highest BCUT2D eigenvalue weighted by molar-refractivity contribution is 5.87. The third-order valence-corrected chi connectivity index (χ3v) is 1.82. The molecule has 0 aromatic carbocycles. The van der Waals surface area contributed by atoms with Gasteiger partial charge in [0.2, 0.25) is 5.95 Å². The standard InChI is InChI=1S/C7H8FN5/c1-13-2-3(8)4-5(9)11-7(10)12-6(4)13/h2H,1H3,(H4,9,10,11,12). The molecular formula is C7H8FN5. The van der Waals surface area contributed by atoms with Gasteiger partial charge in [0.05, 0.1) is 5.39 Å². The van der Waals surface area contributed by atoms with Crippen LogP contribution in [0.5, 0.6) is 0 Å². The maximum Gasteiger partial charge on any atom is 0.223 e. The molecule has 0 aliphatic rings. The molecule has 2 aromatic heterocycles. The molecule has 2 rings (SSSR count). The van der Waals surface area contributed by atoms with E-state index in [1.165, 1.54) is 10.8 Å².